The molecule has 2 rings (SSSR count). The van der Waals surface area contributed by atoms with Gasteiger partial charge >= 0.3 is 0 Å². The lowest BCUT2D eigenvalue weighted by atomic mass is 10.2. The summed E-state index contributed by atoms with van der Waals surface area (Å²) in [5, 5.41) is 14.0. The van der Waals surface area contributed by atoms with E-state index in [4.69, 9.17) is 0 Å². The maximum absolute atomic E-state index is 10.8. The number of rotatable bonds is 6. The maximum Gasteiger partial charge on any atom is 0.271 e. The van der Waals surface area contributed by atoms with Gasteiger partial charge in [-0.2, -0.15) is 0 Å². The van der Waals surface area contributed by atoms with Crippen LogP contribution in [0.15, 0.2) is 53.4 Å². The molecule has 0 spiro atoms. The lowest BCUT2D eigenvalue weighted by molar-refractivity contribution is -0.384. The van der Waals surface area contributed by atoms with Crippen LogP contribution in [0.5, 0.6) is 0 Å². The summed E-state index contributed by atoms with van der Waals surface area (Å²) in [6.07, 6.45) is 0. The summed E-state index contributed by atoms with van der Waals surface area (Å²) < 4.78 is 0. The Bertz CT molecular complexity index is 588. The Morgan fingerprint density at radius 2 is 1.95 bits per heavy atom. The van der Waals surface area contributed by atoms with Crippen molar-refractivity contribution in [2.45, 2.75) is 11.8 Å². The van der Waals surface area contributed by atoms with Crippen LogP contribution in [0.4, 0.5) is 11.4 Å². The first kappa shape index (κ1) is 14.4. The molecule has 2 aromatic carbocycles. The van der Waals surface area contributed by atoms with Gasteiger partial charge in [0.2, 0.25) is 0 Å². The quantitative estimate of drug-likeness (QED) is 0.376. The topological polar surface area (TPSA) is 55.2 Å². The van der Waals surface area contributed by atoms with Crippen molar-refractivity contribution in [3.05, 3.63) is 64.2 Å². The number of benzene rings is 2. The summed E-state index contributed by atoms with van der Waals surface area (Å²) in [6.45, 7) is 2.71. The molecule has 0 fully saturated rings. The van der Waals surface area contributed by atoms with Crippen molar-refractivity contribution in [3.8, 4) is 0 Å². The Morgan fingerprint density at radius 3 is 2.65 bits per heavy atom. The van der Waals surface area contributed by atoms with Crippen molar-refractivity contribution < 1.29 is 4.92 Å². The zero-order valence-corrected chi connectivity index (χ0v) is 12.0. The van der Waals surface area contributed by atoms with E-state index in [1.54, 1.807) is 23.9 Å². The molecule has 0 aromatic heterocycles. The number of nitrogens with zero attached hydrogens (tertiary/aromatic N) is 1. The number of aryl methyl sites for hydroxylation is 1. The van der Waals surface area contributed by atoms with Crippen LogP contribution < -0.4 is 5.32 Å². The maximum atomic E-state index is 10.8. The minimum atomic E-state index is -0.372. The SMILES string of the molecule is Cc1ccc([N+](=O)[O-])cc1NCCSc1ccccc1. The van der Waals surface area contributed by atoms with Crippen LogP contribution in [0.1, 0.15) is 5.56 Å². The van der Waals surface area contributed by atoms with Gasteiger partial charge in [-0.05, 0) is 24.6 Å². The molecule has 2 aromatic rings. The Hall–Kier alpha value is -2.01. The van der Waals surface area contributed by atoms with E-state index in [1.165, 1.54) is 11.0 Å². The minimum Gasteiger partial charge on any atom is -0.384 e. The van der Waals surface area contributed by atoms with Crippen LogP contribution in [-0.2, 0) is 0 Å². The second kappa shape index (κ2) is 6.96. The molecule has 0 heterocycles. The molecule has 0 unspecified atom stereocenters. The molecule has 0 aliphatic rings. The molecule has 0 radical (unpaired) electrons. The van der Waals surface area contributed by atoms with Gasteiger partial charge in [-0.1, -0.05) is 24.3 Å². The summed E-state index contributed by atoms with van der Waals surface area (Å²) in [7, 11) is 0. The number of anilines is 1. The number of hydrogen-bond donors (Lipinski definition) is 1. The first-order chi connectivity index (χ1) is 9.66. The largest absolute Gasteiger partial charge is 0.384 e. The molecule has 5 heteroatoms. The van der Waals surface area contributed by atoms with Gasteiger partial charge in [0.15, 0.2) is 0 Å². The minimum absolute atomic E-state index is 0.119. The van der Waals surface area contributed by atoms with E-state index in [9.17, 15) is 10.1 Å². The van der Waals surface area contributed by atoms with E-state index >= 15 is 0 Å². The molecule has 0 saturated heterocycles. The number of nitrogens with one attached hydrogen (secondary N) is 1. The molecule has 4 nitrogen and oxygen atoms in total. The van der Waals surface area contributed by atoms with E-state index in [1.807, 2.05) is 25.1 Å². The van der Waals surface area contributed by atoms with Gasteiger partial charge in [-0.25, -0.2) is 0 Å². The highest BCUT2D eigenvalue weighted by Gasteiger charge is 2.07. The molecular formula is C15H16N2O2S. The summed E-state index contributed by atoms with van der Waals surface area (Å²) >= 11 is 1.76. The second-order valence-corrected chi connectivity index (χ2v) is 5.51. The standard InChI is InChI=1S/C15H16N2O2S/c1-12-7-8-13(17(18)19)11-15(12)16-9-10-20-14-5-3-2-4-6-14/h2-8,11,16H,9-10H2,1H3. The molecule has 0 aliphatic heterocycles. The fourth-order valence-corrected chi connectivity index (χ4v) is 2.57. The third-order valence-corrected chi connectivity index (χ3v) is 3.88. The van der Waals surface area contributed by atoms with Gasteiger partial charge < -0.3 is 5.32 Å². The molecule has 0 saturated carbocycles. The summed E-state index contributed by atoms with van der Waals surface area (Å²) in [5.41, 5.74) is 1.96. The first-order valence-corrected chi connectivity index (χ1v) is 7.32. The molecule has 0 aliphatic carbocycles. The Kier molecular flexibility index (Phi) is 5.01. The predicted octanol–water partition coefficient (Wildman–Crippen LogP) is 4.11. The smallest absolute Gasteiger partial charge is 0.271 e. The van der Waals surface area contributed by atoms with Crippen molar-refractivity contribution >= 4 is 23.1 Å². The Balaban J connectivity index is 1.88. The number of non-ortho nitro benzene ring substituents is 1. The van der Waals surface area contributed by atoms with Crippen molar-refractivity contribution in [2.24, 2.45) is 0 Å². The van der Waals surface area contributed by atoms with Crippen molar-refractivity contribution in [3.63, 3.8) is 0 Å². The third-order valence-electron chi connectivity index (χ3n) is 2.86. The van der Waals surface area contributed by atoms with Crippen LogP contribution in [-0.4, -0.2) is 17.2 Å². The van der Waals surface area contributed by atoms with Crippen molar-refractivity contribution in [1.82, 2.24) is 0 Å². The van der Waals surface area contributed by atoms with Gasteiger partial charge in [0.25, 0.3) is 5.69 Å². The van der Waals surface area contributed by atoms with Gasteiger partial charge in [-0.15, -0.1) is 11.8 Å². The van der Waals surface area contributed by atoms with E-state index in [2.05, 4.69) is 17.4 Å². The summed E-state index contributed by atoms with van der Waals surface area (Å²) in [6, 6.07) is 15.1. The number of nitro benzene ring substituents is 1. The normalized spacial score (nSPS) is 10.2. The van der Waals surface area contributed by atoms with Crippen LogP contribution in [0, 0.1) is 17.0 Å². The average molecular weight is 288 g/mol. The molecule has 0 amide bonds. The van der Waals surface area contributed by atoms with Gasteiger partial charge in [0, 0.05) is 35.0 Å². The summed E-state index contributed by atoms with van der Waals surface area (Å²) in [4.78, 5) is 11.6. The van der Waals surface area contributed by atoms with Gasteiger partial charge in [0.05, 0.1) is 4.92 Å². The number of thioether (sulfide) groups is 1. The number of hydrogen-bond acceptors (Lipinski definition) is 4. The van der Waals surface area contributed by atoms with Crippen molar-refractivity contribution in [2.75, 3.05) is 17.6 Å². The predicted molar refractivity (Wildman–Crippen MR) is 83.5 cm³/mol. The fourth-order valence-electron chi connectivity index (χ4n) is 1.79. The molecule has 0 atom stereocenters. The zero-order valence-electron chi connectivity index (χ0n) is 11.2. The molecule has 104 valence electrons. The van der Waals surface area contributed by atoms with Crippen molar-refractivity contribution in [1.29, 1.82) is 0 Å². The van der Waals surface area contributed by atoms with E-state index in [0.717, 1.165) is 23.5 Å². The Labute approximate surface area is 122 Å². The summed E-state index contributed by atoms with van der Waals surface area (Å²) in [5.74, 6) is 0.909. The van der Waals surface area contributed by atoms with Crippen LogP contribution in [0.3, 0.4) is 0 Å². The monoisotopic (exact) mass is 288 g/mol. The number of nitro groups is 1. The molecule has 1 N–H and O–H groups in total. The third kappa shape index (κ3) is 3.99. The van der Waals surface area contributed by atoms with E-state index in [-0.39, 0.29) is 10.6 Å². The highest BCUT2D eigenvalue weighted by Crippen LogP contribution is 2.22. The van der Waals surface area contributed by atoms with E-state index in [0.29, 0.717) is 0 Å². The molecule has 0 bridgehead atoms. The van der Waals surface area contributed by atoms with Gasteiger partial charge in [-0.3, -0.25) is 10.1 Å². The lowest BCUT2D eigenvalue weighted by Gasteiger charge is -2.09. The highest BCUT2D eigenvalue weighted by molar-refractivity contribution is 7.99. The van der Waals surface area contributed by atoms with Gasteiger partial charge in [0.1, 0.15) is 0 Å². The van der Waals surface area contributed by atoms with E-state index < -0.39 is 0 Å². The van der Waals surface area contributed by atoms with Crippen LogP contribution >= 0.6 is 11.8 Å². The Morgan fingerprint density at radius 1 is 1.20 bits per heavy atom. The molecule has 20 heavy (non-hydrogen) atoms. The fraction of sp³-hybridized carbons (Fsp3) is 0.200. The second-order valence-electron chi connectivity index (χ2n) is 4.34. The first-order valence-electron chi connectivity index (χ1n) is 6.33. The van der Waals surface area contributed by atoms with Crippen LogP contribution in [0.25, 0.3) is 0 Å². The lowest BCUT2D eigenvalue weighted by Crippen LogP contribution is -2.05. The van der Waals surface area contributed by atoms with Crippen LogP contribution in [0.2, 0.25) is 0 Å². The highest BCUT2D eigenvalue weighted by atomic mass is 32.2. The zero-order chi connectivity index (χ0) is 14.4. The molecular weight excluding hydrogens is 272 g/mol. The average Bonchev–Trinajstić information content (AvgIpc) is 2.46.